The predicted molar refractivity (Wildman–Crippen MR) is 78.0 cm³/mol. The summed E-state index contributed by atoms with van der Waals surface area (Å²) in [5.41, 5.74) is 2.43. The highest BCUT2D eigenvalue weighted by Gasteiger charge is 2.11. The van der Waals surface area contributed by atoms with Gasteiger partial charge in [-0.1, -0.05) is 12.1 Å². The molecule has 0 fully saturated rings. The highest BCUT2D eigenvalue weighted by atomic mass is 16.5. The quantitative estimate of drug-likeness (QED) is 0.714. The van der Waals surface area contributed by atoms with Crippen LogP contribution in [0, 0.1) is 6.92 Å². The number of nitrogens with zero attached hydrogens (tertiary/aromatic N) is 5. The summed E-state index contributed by atoms with van der Waals surface area (Å²) in [5, 5.41) is 11.6. The van der Waals surface area contributed by atoms with Crippen molar-refractivity contribution < 1.29 is 9.26 Å². The molecule has 0 aromatic carbocycles. The summed E-state index contributed by atoms with van der Waals surface area (Å²) >= 11 is 0. The Hall–Kier alpha value is -2.83. The van der Waals surface area contributed by atoms with Crippen molar-refractivity contribution in [2.24, 2.45) is 0 Å². The standard InChI is InChI=1S/C15H15N5O2/c1-3-11-13(7-6-10(2)17-11)21-9-14-18-15(20-22-14)12-5-4-8-16-19-12/h4-8H,3,9H2,1-2H3. The lowest BCUT2D eigenvalue weighted by molar-refractivity contribution is 0.240. The summed E-state index contributed by atoms with van der Waals surface area (Å²) in [6.07, 6.45) is 2.38. The van der Waals surface area contributed by atoms with E-state index in [0.717, 1.165) is 23.6 Å². The highest BCUT2D eigenvalue weighted by molar-refractivity contribution is 5.46. The van der Waals surface area contributed by atoms with Gasteiger partial charge in [-0.3, -0.25) is 4.98 Å². The zero-order chi connectivity index (χ0) is 15.4. The van der Waals surface area contributed by atoms with Crippen molar-refractivity contribution in [3.8, 4) is 17.3 Å². The van der Waals surface area contributed by atoms with Crippen LogP contribution in [-0.2, 0) is 13.0 Å². The van der Waals surface area contributed by atoms with Gasteiger partial charge >= 0.3 is 0 Å². The van der Waals surface area contributed by atoms with Crippen molar-refractivity contribution in [2.45, 2.75) is 26.9 Å². The SMILES string of the molecule is CCc1nc(C)ccc1OCc1nc(-c2cccnn2)no1. The van der Waals surface area contributed by atoms with Crippen LogP contribution in [0.4, 0.5) is 0 Å². The third-order valence-electron chi connectivity index (χ3n) is 3.03. The summed E-state index contributed by atoms with van der Waals surface area (Å²) in [7, 11) is 0. The first-order valence-corrected chi connectivity index (χ1v) is 6.96. The van der Waals surface area contributed by atoms with E-state index in [1.165, 1.54) is 0 Å². The van der Waals surface area contributed by atoms with Gasteiger partial charge in [0.2, 0.25) is 5.82 Å². The summed E-state index contributed by atoms with van der Waals surface area (Å²) in [4.78, 5) is 8.69. The molecule has 0 amide bonds. The van der Waals surface area contributed by atoms with Crippen molar-refractivity contribution in [3.05, 3.63) is 47.7 Å². The van der Waals surface area contributed by atoms with E-state index in [-0.39, 0.29) is 6.61 Å². The minimum Gasteiger partial charge on any atom is -0.482 e. The maximum atomic E-state index is 5.72. The Morgan fingerprint density at radius 1 is 1.18 bits per heavy atom. The van der Waals surface area contributed by atoms with E-state index < -0.39 is 0 Å². The fourth-order valence-corrected chi connectivity index (χ4v) is 1.96. The summed E-state index contributed by atoms with van der Waals surface area (Å²) in [6, 6.07) is 7.34. The first kappa shape index (κ1) is 14.1. The monoisotopic (exact) mass is 297 g/mol. The van der Waals surface area contributed by atoms with E-state index in [9.17, 15) is 0 Å². The Morgan fingerprint density at radius 2 is 2.09 bits per heavy atom. The van der Waals surface area contributed by atoms with Gasteiger partial charge in [-0.25, -0.2) is 0 Å². The first-order valence-electron chi connectivity index (χ1n) is 6.96. The van der Waals surface area contributed by atoms with Gasteiger partial charge in [-0.2, -0.15) is 10.1 Å². The number of pyridine rings is 1. The zero-order valence-electron chi connectivity index (χ0n) is 12.4. The van der Waals surface area contributed by atoms with Gasteiger partial charge in [0.25, 0.3) is 5.89 Å². The largest absolute Gasteiger partial charge is 0.482 e. The smallest absolute Gasteiger partial charge is 0.264 e. The van der Waals surface area contributed by atoms with Crippen molar-refractivity contribution >= 4 is 0 Å². The molecule has 22 heavy (non-hydrogen) atoms. The maximum absolute atomic E-state index is 5.72. The Balaban J connectivity index is 1.71. The average molecular weight is 297 g/mol. The zero-order valence-corrected chi connectivity index (χ0v) is 12.4. The second-order valence-corrected chi connectivity index (χ2v) is 4.66. The normalized spacial score (nSPS) is 10.6. The Kier molecular flexibility index (Phi) is 4.04. The van der Waals surface area contributed by atoms with Gasteiger partial charge < -0.3 is 9.26 Å². The third-order valence-corrected chi connectivity index (χ3v) is 3.03. The van der Waals surface area contributed by atoms with Crippen LogP contribution >= 0.6 is 0 Å². The third kappa shape index (κ3) is 3.08. The summed E-state index contributed by atoms with van der Waals surface area (Å²) < 4.78 is 10.9. The van der Waals surface area contributed by atoms with Crippen LogP contribution in [0.3, 0.4) is 0 Å². The molecule has 0 saturated carbocycles. The average Bonchev–Trinajstić information content (AvgIpc) is 3.03. The molecule has 0 unspecified atom stereocenters. The molecule has 0 aliphatic carbocycles. The molecule has 3 heterocycles. The number of rotatable bonds is 5. The second-order valence-electron chi connectivity index (χ2n) is 4.66. The summed E-state index contributed by atoms with van der Waals surface area (Å²) in [6.45, 7) is 4.17. The fourth-order valence-electron chi connectivity index (χ4n) is 1.96. The van der Waals surface area contributed by atoms with E-state index in [1.807, 2.05) is 26.0 Å². The fraction of sp³-hybridized carbons (Fsp3) is 0.267. The summed E-state index contributed by atoms with van der Waals surface area (Å²) in [5.74, 6) is 1.50. The molecule has 0 aliphatic heterocycles. The Labute approximate surface area is 127 Å². The molecule has 3 aromatic heterocycles. The molecule has 112 valence electrons. The molecule has 0 saturated heterocycles. The van der Waals surface area contributed by atoms with Crippen LogP contribution in [0.15, 0.2) is 35.0 Å². The second kappa shape index (κ2) is 6.30. The molecular weight excluding hydrogens is 282 g/mol. The molecule has 3 rings (SSSR count). The highest BCUT2D eigenvalue weighted by Crippen LogP contribution is 2.19. The molecule has 3 aromatic rings. The lowest BCUT2D eigenvalue weighted by atomic mass is 10.2. The van der Waals surface area contributed by atoms with Gasteiger partial charge in [-0.15, -0.1) is 5.10 Å². The van der Waals surface area contributed by atoms with E-state index in [4.69, 9.17) is 9.26 Å². The van der Waals surface area contributed by atoms with Crippen LogP contribution in [0.1, 0.15) is 24.2 Å². The van der Waals surface area contributed by atoms with Crippen molar-refractivity contribution in [2.75, 3.05) is 0 Å². The number of ether oxygens (including phenoxy) is 1. The Bertz CT molecular complexity index is 758. The van der Waals surface area contributed by atoms with Crippen LogP contribution in [0.25, 0.3) is 11.5 Å². The number of aryl methyl sites for hydroxylation is 2. The van der Waals surface area contributed by atoms with E-state index in [1.54, 1.807) is 18.3 Å². The molecule has 0 atom stereocenters. The van der Waals surface area contributed by atoms with Crippen molar-refractivity contribution in [1.82, 2.24) is 25.3 Å². The molecule has 7 heteroatoms. The van der Waals surface area contributed by atoms with Crippen LogP contribution in [0.5, 0.6) is 5.75 Å². The van der Waals surface area contributed by atoms with E-state index in [2.05, 4.69) is 25.3 Å². The lowest BCUT2D eigenvalue weighted by Crippen LogP contribution is -2.01. The minimum atomic E-state index is 0.186. The molecule has 0 radical (unpaired) electrons. The van der Waals surface area contributed by atoms with Gasteiger partial charge in [-0.05, 0) is 37.6 Å². The van der Waals surface area contributed by atoms with Gasteiger partial charge in [0, 0.05) is 11.9 Å². The number of hydrogen-bond donors (Lipinski definition) is 0. The Morgan fingerprint density at radius 3 is 2.86 bits per heavy atom. The van der Waals surface area contributed by atoms with Crippen molar-refractivity contribution in [3.63, 3.8) is 0 Å². The van der Waals surface area contributed by atoms with Crippen molar-refractivity contribution in [1.29, 1.82) is 0 Å². The van der Waals surface area contributed by atoms with Crippen LogP contribution < -0.4 is 4.74 Å². The predicted octanol–water partition coefficient (Wildman–Crippen LogP) is 2.37. The topological polar surface area (TPSA) is 86.8 Å². The molecule has 7 nitrogen and oxygen atoms in total. The van der Waals surface area contributed by atoms with Gasteiger partial charge in [0.1, 0.15) is 11.4 Å². The number of hydrogen-bond acceptors (Lipinski definition) is 7. The first-order chi connectivity index (χ1) is 10.8. The van der Waals surface area contributed by atoms with E-state index in [0.29, 0.717) is 17.4 Å². The van der Waals surface area contributed by atoms with Crippen LogP contribution in [-0.4, -0.2) is 25.3 Å². The van der Waals surface area contributed by atoms with E-state index >= 15 is 0 Å². The minimum absolute atomic E-state index is 0.186. The van der Waals surface area contributed by atoms with Crippen LogP contribution in [0.2, 0.25) is 0 Å². The van der Waals surface area contributed by atoms with Gasteiger partial charge in [0.05, 0.1) is 5.69 Å². The lowest BCUT2D eigenvalue weighted by Gasteiger charge is -2.08. The molecule has 0 bridgehead atoms. The molecule has 0 N–H and O–H groups in total. The number of aromatic nitrogens is 5. The van der Waals surface area contributed by atoms with Gasteiger partial charge in [0.15, 0.2) is 6.61 Å². The molecule has 0 spiro atoms. The molecular formula is C15H15N5O2. The molecule has 0 aliphatic rings. The maximum Gasteiger partial charge on any atom is 0.264 e.